The third-order valence-corrected chi connectivity index (χ3v) is 26.0. The molecule has 82 heavy (non-hydrogen) atoms. The van der Waals surface area contributed by atoms with E-state index in [4.69, 9.17) is 0 Å². The van der Waals surface area contributed by atoms with Gasteiger partial charge in [0.15, 0.2) is 0 Å². The van der Waals surface area contributed by atoms with E-state index in [1.54, 1.807) is 114 Å². The van der Waals surface area contributed by atoms with Crippen LogP contribution in [0.4, 0.5) is 0 Å². The normalized spacial score (nSPS) is 17.6. The van der Waals surface area contributed by atoms with Crippen LogP contribution in [0.1, 0.15) is 59.1 Å². The first-order valence-corrected chi connectivity index (χ1v) is 35.7. The quantitative estimate of drug-likeness (QED) is 0.116. The molecule has 0 N–H and O–H groups in total. The van der Waals surface area contributed by atoms with Crippen LogP contribution in [0.5, 0.6) is 0 Å². The van der Waals surface area contributed by atoms with Gasteiger partial charge >= 0.3 is 0 Å². The smallest absolute Gasteiger partial charge is 0.207 e. The first kappa shape index (κ1) is 64.3. The minimum absolute atomic E-state index is 0.0511. The highest BCUT2D eigenvalue weighted by atomic mass is 32.2. The van der Waals surface area contributed by atoms with E-state index >= 15 is 0 Å². The molecule has 0 amide bonds. The molecule has 24 heteroatoms. The van der Waals surface area contributed by atoms with E-state index in [9.17, 15) is 50.5 Å². The SMILES string of the molecule is Cc1ccc(S(=O)(=O)N2CCCCN(S(=O)(=O)c3ccc(C)cc3)CCN(S(=O)(=O)c3ccc(C)cc3)CCN(S(=O)(=O)c3ccc(C)cc3)CCCCN(S(=O)(=O)c3ccc(C)cc3)CCN(S(=O)(=O)c3ccc(C)cc3)CC2)cc1. The van der Waals surface area contributed by atoms with Gasteiger partial charge in [0, 0.05) is 78.5 Å². The van der Waals surface area contributed by atoms with Gasteiger partial charge in [0.1, 0.15) is 0 Å². The molecule has 444 valence electrons. The first-order valence-electron chi connectivity index (χ1n) is 27.0. The van der Waals surface area contributed by atoms with Crippen LogP contribution in [-0.4, -0.2) is 155 Å². The summed E-state index contributed by atoms with van der Waals surface area (Å²) in [5.74, 6) is 0. The van der Waals surface area contributed by atoms with Crippen LogP contribution in [0.3, 0.4) is 0 Å². The number of aryl methyl sites for hydroxylation is 6. The molecule has 1 fully saturated rings. The molecule has 0 unspecified atom stereocenters. The zero-order chi connectivity index (χ0) is 59.7. The average Bonchev–Trinajstić information content (AvgIpc) is 3.64. The molecule has 1 heterocycles. The van der Waals surface area contributed by atoms with Crippen molar-refractivity contribution in [2.75, 3.05) is 78.5 Å². The fourth-order valence-corrected chi connectivity index (χ4v) is 18.0. The van der Waals surface area contributed by atoms with Crippen LogP contribution in [-0.2, 0) is 60.1 Å². The van der Waals surface area contributed by atoms with Crippen molar-refractivity contribution < 1.29 is 50.5 Å². The highest BCUT2D eigenvalue weighted by Gasteiger charge is 2.35. The van der Waals surface area contributed by atoms with Crippen molar-refractivity contribution in [2.45, 2.75) is 96.6 Å². The van der Waals surface area contributed by atoms with Gasteiger partial charge in [-0.2, -0.15) is 25.8 Å². The van der Waals surface area contributed by atoms with E-state index in [1.807, 2.05) is 0 Å². The summed E-state index contributed by atoms with van der Waals surface area (Å²) in [5, 5.41) is 0. The van der Waals surface area contributed by atoms with E-state index in [0.29, 0.717) is 0 Å². The molecule has 0 aliphatic carbocycles. The van der Waals surface area contributed by atoms with Gasteiger partial charge in [-0.15, -0.1) is 0 Å². The molecule has 1 saturated heterocycles. The zero-order valence-electron chi connectivity index (χ0n) is 47.2. The molecule has 1 aliphatic rings. The summed E-state index contributed by atoms with van der Waals surface area (Å²) in [5.41, 5.74) is 4.73. The summed E-state index contributed by atoms with van der Waals surface area (Å²) >= 11 is 0. The van der Waals surface area contributed by atoms with E-state index in [-0.39, 0.29) is 81.2 Å². The van der Waals surface area contributed by atoms with E-state index in [2.05, 4.69) is 0 Å². The highest BCUT2D eigenvalue weighted by molar-refractivity contribution is 7.90. The predicted molar refractivity (Wildman–Crippen MR) is 318 cm³/mol. The molecule has 0 spiro atoms. The monoisotopic (exact) mass is 1240 g/mol. The number of hydrogen-bond acceptors (Lipinski definition) is 12. The number of rotatable bonds is 12. The lowest BCUT2D eigenvalue weighted by Gasteiger charge is -2.31. The molecule has 0 aromatic heterocycles. The number of sulfonamides is 6. The van der Waals surface area contributed by atoms with Gasteiger partial charge in [-0.25, -0.2) is 50.5 Å². The highest BCUT2D eigenvalue weighted by Crippen LogP contribution is 2.26. The van der Waals surface area contributed by atoms with Gasteiger partial charge in [-0.05, 0) is 140 Å². The molecule has 6 aromatic rings. The Balaban J connectivity index is 1.34. The van der Waals surface area contributed by atoms with Gasteiger partial charge < -0.3 is 0 Å². The van der Waals surface area contributed by atoms with Crippen molar-refractivity contribution in [1.82, 2.24) is 25.8 Å². The van der Waals surface area contributed by atoms with Crippen molar-refractivity contribution in [3.8, 4) is 0 Å². The Morgan fingerprint density at radius 1 is 0.195 bits per heavy atom. The van der Waals surface area contributed by atoms with Crippen LogP contribution >= 0.6 is 0 Å². The molecular formula is C58H74N6O12S6. The Morgan fingerprint density at radius 2 is 0.305 bits per heavy atom. The Hall–Kier alpha value is -5.22. The maximum absolute atomic E-state index is 14.8. The van der Waals surface area contributed by atoms with E-state index in [1.165, 1.54) is 72.8 Å². The summed E-state index contributed by atoms with van der Waals surface area (Å²) < 4.78 is 184. The minimum atomic E-state index is -4.45. The summed E-state index contributed by atoms with van der Waals surface area (Å²) in [6, 6.07) is 36.9. The standard InChI is InChI=1S/C58H74N6O12S6/c1-47-11-23-53(24-12-47)77(65,66)59-35-7-8-36-60(78(67,68)54-25-13-48(2)14-26-54)41-45-64(82(75,76)58-33-21-52(6)22-34-58)46-42-62(80(71,72)56-29-17-50(4)18-30-56)38-10-9-37-61(79(69,70)55-27-15-49(3)16-28-55)40-44-63(43-39-59)81(73,74)57-31-19-51(5)20-32-57/h11-34H,7-10,35-46H2,1-6H3. The Labute approximate surface area is 487 Å². The molecule has 1 aliphatic heterocycles. The van der Waals surface area contributed by atoms with Gasteiger partial charge in [-0.1, -0.05) is 106 Å². The van der Waals surface area contributed by atoms with E-state index < -0.39 is 112 Å². The van der Waals surface area contributed by atoms with Gasteiger partial charge in [0.05, 0.1) is 29.4 Å². The maximum Gasteiger partial charge on any atom is 0.243 e. The second kappa shape index (κ2) is 27.2. The van der Waals surface area contributed by atoms with Crippen molar-refractivity contribution in [3.63, 3.8) is 0 Å². The van der Waals surface area contributed by atoms with Crippen molar-refractivity contribution in [2.24, 2.45) is 0 Å². The molecule has 0 saturated carbocycles. The van der Waals surface area contributed by atoms with Crippen LogP contribution < -0.4 is 0 Å². The van der Waals surface area contributed by atoms with Crippen LogP contribution in [0, 0.1) is 41.5 Å². The molecule has 0 radical (unpaired) electrons. The lowest BCUT2D eigenvalue weighted by molar-refractivity contribution is 0.294. The molecule has 6 aromatic carbocycles. The Kier molecular flexibility index (Phi) is 21.4. The molecule has 18 nitrogen and oxygen atoms in total. The number of hydrogen-bond donors (Lipinski definition) is 0. The molecular weight excluding hydrogens is 1170 g/mol. The summed E-state index contributed by atoms with van der Waals surface area (Å²) in [4.78, 5) is -0.457. The largest absolute Gasteiger partial charge is 0.243 e. The Bertz CT molecular complexity index is 3390. The molecule has 0 atom stereocenters. The topological polar surface area (TPSA) is 224 Å². The second-order valence-electron chi connectivity index (χ2n) is 20.7. The summed E-state index contributed by atoms with van der Waals surface area (Å²) in [7, 11) is -26.3. The van der Waals surface area contributed by atoms with Gasteiger partial charge in [0.25, 0.3) is 0 Å². The van der Waals surface area contributed by atoms with Crippen molar-refractivity contribution in [1.29, 1.82) is 0 Å². The lowest BCUT2D eigenvalue weighted by Crippen LogP contribution is -2.46. The predicted octanol–water partition coefficient (Wildman–Crippen LogP) is 7.56. The third kappa shape index (κ3) is 15.7. The third-order valence-electron chi connectivity index (χ3n) is 14.5. The van der Waals surface area contributed by atoms with Gasteiger partial charge in [0.2, 0.25) is 60.1 Å². The van der Waals surface area contributed by atoms with Crippen LogP contribution in [0.25, 0.3) is 0 Å². The first-order chi connectivity index (χ1) is 38.6. The second-order valence-corrected chi connectivity index (χ2v) is 32.3. The zero-order valence-corrected chi connectivity index (χ0v) is 52.1. The minimum Gasteiger partial charge on any atom is -0.207 e. The fraction of sp³-hybridized carbons (Fsp3) is 0.379. The van der Waals surface area contributed by atoms with Crippen molar-refractivity contribution in [3.05, 3.63) is 179 Å². The number of benzene rings is 6. The number of nitrogens with zero attached hydrogens (tertiary/aromatic N) is 6. The van der Waals surface area contributed by atoms with Gasteiger partial charge in [-0.3, -0.25) is 0 Å². The fourth-order valence-electron chi connectivity index (χ4n) is 9.31. The lowest BCUT2D eigenvalue weighted by atomic mass is 10.2. The molecule has 0 bridgehead atoms. The Morgan fingerprint density at radius 3 is 0.427 bits per heavy atom. The maximum atomic E-state index is 14.8. The summed E-state index contributed by atoms with van der Waals surface area (Å²) in [6.45, 7) is 6.68. The average molecular weight is 1240 g/mol. The van der Waals surface area contributed by atoms with Crippen LogP contribution in [0.15, 0.2) is 175 Å². The van der Waals surface area contributed by atoms with Crippen LogP contribution in [0.2, 0.25) is 0 Å². The summed E-state index contributed by atoms with van der Waals surface area (Å²) in [6.07, 6.45) is 0.204. The van der Waals surface area contributed by atoms with E-state index in [0.717, 1.165) is 59.2 Å². The molecule has 7 rings (SSSR count). The van der Waals surface area contributed by atoms with Crippen molar-refractivity contribution >= 4 is 60.1 Å².